The molecular formula is C16H16Cl2N2. The minimum Gasteiger partial charge on any atom is -0.282 e. The summed E-state index contributed by atoms with van der Waals surface area (Å²) in [6.07, 6.45) is 0. The number of nitriles is 1. The first-order valence-electron chi connectivity index (χ1n) is 6.15. The molecule has 104 valence electrons. The van der Waals surface area contributed by atoms with Gasteiger partial charge in [0.25, 0.3) is 0 Å². The fraction of sp³-hybridized carbons (Fsp3) is 0.188. The van der Waals surface area contributed by atoms with Crippen molar-refractivity contribution in [3.63, 3.8) is 0 Å². The van der Waals surface area contributed by atoms with Crippen LogP contribution in [0.3, 0.4) is 0 Å². The summed E-state index contributed by atoms with van der Waals surface area (Å²) >= 11 is 5.87. The molecule has 2 aromatic carbocycles. The van der Waals surface area contributed by atoms with Gasteiger partial charge in [-0.2, -0.15) is 5.26 Å². The first-order valence-corrected chi connectivity index (χ1v) is 6.53. The Kier molecular flexibility index (Phi) is 7.11. The molecule has 0 spiro atoms. The van der Waals surface area contributed by atoms with Gasteiger partial charge in [-0.3, -0.25) is 4.90 Å². The molecule has 0 radical (unpaired) electrons. The molecule has 0 heterocycles. The lowest BCUT2D eigenvalue weighted by atomic mass is 10.1. The summed E-state index contributed by atoms with van der Waals surface area (Å²) in [6.45, 7) is 1.94. The fourth-order valence-electron chi connectivity index (χ4n) is 1.96. The molecule has 20 heavy (non-hydrogen) atoms. The molecule has 0 amide bonds. The van der Waals surface area contributed by atoms with Crippen LogP contribution < -0.4 is 0 Å². The van der Waals surface area contributed by atoms with Crippen LogP contribution in [-0.4, -0.2) is 11.4 Å². The summed E-state index contributed by atoms with van der Waals surface area (Å²) < 4.78 is 0. The Morgan fingerprint density at radius 1 is 0.900 bits per heavy atom. The highest BCUT2D eigenvalue weighted by Crippen LogP contribution is 2.13. The predicted octanol–water partition coefficient (Wildman–Crippen LogP) is 4.29. The van der Waals surface area contributed by atoms with Gasteiger partial charge in [-0.1, -0.05) is 54.1 Å². The number of hydrogen-bond donors (Lipinski definition) is 0. The third-order valence-electron chi connectivity index (χ3n) is 2.86. The van der Waals surface area contributed by atoms with Gasteiger partial charge in [0.2, 0.25) is 0 Å². The van der Waals surface area contributed by atoms with Crippen molar-refractivity contribution in [3.05, 3.63) is 70.7 Å². The molecule has 0 aliphatic carbocycles. The van der Waals surface area contributed by atoms with Crippen molar-refractivity contribution in [1.82, 2.24) is 4.90 Å². The summed E-state index contributed by atoms with van der Waals surface area (Å²) in [5.41, 5.74) is 2.38. The topological polar surface area (TPSA) is 27.0 Å². The minimum atomic E-state index is 0. The Hall–Kier alpha value is -1.53. The molecule has 2 nitrogen and oxygen atoms in total. The van der Waals surface area contributed by atoms with E-state index in [0.717, 1.165) is 23.7 Å². The second-order valence-electron chi connectivity index (χ2n) is 4.42. The van der Waals surface area contributed by atoms with E-state index >= 15 is 0 Å². The molecule has 2 aromatic rings. The maximum absolute atomic E-state index is 8.92. The Morgan fingerprint density at radius 2 is 1.45 bits per heavy atom. The van der Waals surface area contributed by atoms with Crippen LogP contribution in [0.15, 0.2) is 54.6 Å². The SMILES string of the molecule is Cl.N#CCN(Cc1ccccc1)Cc1ccc(Cl)cc1. The number of nitrogens with zero attached hydrogens (tertiary/aromatic N) is 2. The molecule has 2 rings (SSSR count). The highest BCUT2D eigenvalue weighted by Gasteiger charge is 2.06. The van der Waals surface area contributed by atoms with E-state index in [9.17, 15) is 0 Å². The van der Waals surface area contributed by atoms with Crippen LogP contribution >= 0.6 is 24.0 Å². The lowest BCUT2D eigenvalue weighted by Gasteiger charge is -2.19. The summed E-state index contributed by atoms with van der Waals surface area (Å²) in [6, 6.07) is 20.2. The van der Waals surface area contributed by atoms with Crippen LogP contribution in [0.25, 0.3) is 0 Å². The quantitative estimate of drug-likeness (QED) is 0.771. The fourth-order valence-corrected chi connectivity index (χ4v) is 2.08. The van der Waals surface area contributed by atoms with Crippen LogP contribution in [0.2, 0.25) is 5.02 Å². The Bertz CT molecular complexity index is 547. The van der Waals surface area contributed by atoms with E-state index in [0.29, 0.717) is 6.54 Å². The van der Waals surface area contributed by atoms with Crippen LogP contribution in [0.4, 0.5) is 0 Å². The number of benzene rings is 2. The van der Waals surface area contributed by atoms with E-state index < -0.39 is 0 Å². The molecule has 0 atom stereocenters. The predicted molar refractivity (Wildman–Crippen MR) is 84.9 cm³/mol. The second-order valence-corrected chi connectivity index (χ2v) is 4.85. The molecule has 0 saturated heterocycles. The highest BCUT2D eigenvalue weighted by molar-refractivity contribution is 6.30. The van der Waals surface area contributed by atoms with Crippen molar-refractivity contribution >= 4 is 24.0 Å². The molecule has 0 aliphatic rings. The zero-order chi connectivity index (χ0) is 13.5. The zero-order valence-electron chi connectivity index (χ0n) is 11.0. The van der Waals surface area contributed by atoms with Gasteiger partial charge >= 0.3 is 0 Å². The van der Waals surface area contributed by atoms with Crippen molar-refractivity contribution in [1.29, 1.82) is 5.26 Å². The highest BCUT2D eigenvalue weighted by atomic mass is 35.5. The average Bonchev–Trinajstić information content (AvgIpc) is 2.43. The molecular weight excluding hydrogens is 291 g/mol. The molecule has 0 saturated carbocycles. The lowest BCUT2D eigenvalue weighted by Crippen LogP contribution is -2.23. The van der Waals surface area contributed by atoms with Crippen molar-refractivity contribution < 1.29 is 0 Å². The summed E-state index contributed by atoms with van der Waals surface area (Å²) in [5.74, 6) is 0. The van der Waals surface area contributed by atoms with E-state index in [1.54, 1.807) is 0 Å². The second kappa shape index (κ2) is 8.60. The van der Waals surface area contributed by atoms with Crippen LogP contribution in [0, 0.1) is 11.3 Å². The molecule has 4 heteroatoms. The Labute approximate surface area is 131 Å². The zero-order valence-corrected chi connectivity index (χ0v) is 12.6. The third-order valence-corrected chi connectivity index (χ3v) is 3.11. The van der Waals surface area contributed by atoms with E-state index in [1.807, 2.05) is 42.5 Å². The lowest BCUT2D eigenvalue weighted by molar-refractivity contribution is 0.289. The van der Waals surface area contributed by atoms with Crippen molar-refractivity contribution in [2.24, 2.45) is 0 Å². The molecule has 0 aliphatic heterocycles. The summed E-state index contributed by atoms with van der Waals surface area (Å²) in [7, 11) is 0. The standard InChI is InChI=1S/C16H15ClN2.ClH/c17-16-8-6-15(7-9-16)13-19(11-10-18)12-14-4-2-1-3-5-14;/h1-9H,11-13H2;1H. The molecule has 0 aromatic heterocycles. The van der Waals surface area contributed by atoms with Gasteiger partial charge in [0.05, 0.1) is 12.6 Å². The van der Waals surface area contributed by atoms with Crippen molar-refractivity contribution in [2.45, 2.75) is 13.1 Å². The number of rotatable bonds is 5. The first-order chi connectivity index (χ1) is 9.28. The largest absolute Gasteiger partial charge is 0.282 e. The van der Waals surface area contributed by atoms with Gasteiger partial charge in [-0.15, -0.1) is 12.4 Å². The summed E-state index contributed by atoms with van der Waals surface area (Å²) in [4.78, 5) is 2.11. The van der Waals surface area contributed by atoms with Gasteiger partial charge in [0.15, 0.2) is 0 Å². The normalized spacial score (nSPS) is 9.85. The Morgan fingerprint density at radius 3 is 2.00 bits per heavy atom. The first kappa shape index (κ1) is 16.5. The maximum Gasteiger partial charge on any atom is 0.0871 e. The van der Waals surface area contributed by atoms with Crippen molar-refractivity contribution in [2.75, 3.05) is 6.54 Å². The van der Waals surface area contributed by atoms with E-state index in [2.05, 4.69) is 23.1 Å². The summed E-state index contributed by atoms with van der Waals surface area (Å²) in [5, 5.41) is 9.66. The molecule has 0 N–H and O–H groups in total. The van der Waals surface area contributed by atoms with E-state index in [-0.39, 0.29) is 12.4 Å². The molecule has 0 fully saturated rings. The third kappa shape index (κ3) is 5.22. The molecule has 0 bridgehead atoms. The van der Waals surface area contributed by atoms with Crippen LogP contribution in [-0.2, 0) is 13.1 Å². The minimum absolute atomic E-state index is 0. The number of hydrogen-bond acceptors (Lipinski definition) is 2. The van der Waals surface area contributed by atoms with Gasteiger partial charge in [-0.05, 0) is 23.3 Å². The van der Waals surface area contributed by atoms with Crippen molar-refractivity contribution in [3.8, 4) is 6.07 Å². The maximum atomic E-state index is 8.92. The van der Waals surface area contributed by atoms with Gasteiger partial charge in [0.1, 0.15) is 0 Å². The monoisotopic (exact) mass is 306 g/mol. The van der Waals surface area contributed by atoms with Crippen LogP contribution in [0.1, 0.15) is 11.1 Å². The number of halogens is 2. The average molecular weight is 307 g/mol. The smallest absolute Gasteiger partial charge is 0.0871 e. The molecule has 0 unspecified atom stereocenters. The van der Waals surface area contributed by atoms with E-state index in [4.69, 9.17) is 16.9 Å². The van der Waals surface area contributed by atoms with Crippen LogP contribution in [0.5, 0.6) is 0 Å². The Balaban J connectivity index is 0.00000200. The van der Waals surface area contributed by atoms with Gasteiger partial charge in [0, 0.05) is 18.1 Å². The van der Waals surface area contributed by atoms with E-state index in [1.165, 1.54) is 5.56 Å². The van der Waals surface area contributed by atoms with Gasteiger partial charge < -0.3 is 0 Å². The van der Waals surface area contributed by atoms with Gasteiger partial charge in [-0.25, -0.2) is 0 Å².